The van der Waals surface area contributed by atoms with Gasteiger partial charge in [0.2, 0.25) is 0 Å². The van der Waals surface area contributed by atoms with E-state index in [0.29, 0.717) is 18.7 Å². The van der Waals surface area contributed by atoms with E-state index >= 15 is 0 Å². The molecule has 0 aliphatic rings. The maximum Gasteiger partial charge on any atom is 0.269 e. The Morgan fingerprint density at radius 1 is 1.42 bits per heavy atom. The summed E-state index contributed by atoms with van der Waals surface area (Å²) < 4.78 is 6.72. The molecule has 1 aromatic heterocycles. The van der Waals surface area contributed by atoms with Gasteiger partial charge in [-0.3, -0.25) is 4.79 Å². The second kappa shape index (κ2) is 8.84. The van der Waals surface area contributed by atoms with Crippen molar-refractivity contribution in [3.05, 3.63) is 44.9 Å². The highest BCUT2D eigenvalue weighted by atomic mass is 79.9. The van der Waals surface area contributed by atoms with Gasteiger partial charge in [0.15, 0.2) is 0 Å². The lowest BCUT2D eigenvalue weighted by Gasteiger charge is -2.10. The fourth-order valence-electron chi connectivity index (χ4n) is 2.10. The van der Waals surface area contributed by atoms with Gasteiger partial charge in [0.1, 0.15) is 11.5 Å². The number of H-pyrrole nitrogens is 1. The van der Waals surface area contributed by atoms with Crippen LogP contribution in [0.5, 0.6) is 5.75 Å². The van der Waals surface area contributed by atoms with Gasteiger partial charge in [0, 0.05) is 31.3 Å². The smallest absolute Gasteiger partial charge is 0.269 e. The zero-order valence-electron chi connectivity index (χ0n) is 12.8. The lowest BCUT2D eigenvalue weighted by molar-refractivity contribution is -0.115. The predicted molar refractivity (Wildman–Crippen MR) is 96.6 cm³/mol. The van der Waals surface area contributed by atoms with Crippen LogP contribution >= 0.6 is 31.9 Å². The fraction of sp³-hybridized carbons (Fsp3) is 0.267. The van der Waals surface area contributed by atoms with E-state index in [4.69, 9.17) is 9.94 Å². The first-order valence-corrected chi connectivity index (χ1v) is 8.62. The Morgan fingerprint density at radius 3 is 2.67 bits per heavy atom. The highest BCUT2D eigenvalue weighted by Gasteiger charge is 2.15. The molecular weight excluding hydrogens is 444 g/mol. The largest absolute Gasteiger partial charge is 0.494 e. The van der Waals surface area contributed by atoms with E-state index in [1.165, 1.54) is 0 Å². The zero-order chi connectivity index (χ0) is 17.5. The molecule has 7 nitrogen and oxygen atoms in total. The third kappa shape index (κ3) is 4.81. The molecule has 2 rings (SSSR count). The van der Waals surface area contributed by atoms with Crippen molar-refractivity contribution in [1.29, 1.82) is 0 Å². The molecular formula is C15H16Br2N4O3. The molecule has 9 heteroatoms. The Hall–Kier alpha value is -1.87. The van der Waals surface area contributed by atoms with Crippen molar-refractivity contribution in [3.63, 3.8) is 0 Å². The number of carbonyl (C=O) groups is 1. The van der Waals surface area contributed by atoms with Gasteiger partial charge >= 0.3 is 0 Å². The minimum Gasteiger partial charge on any atom is -0.494 e. The first-order valence-electron chi connectivity index (χ1n) is 7.03. The summed E-state index contributed by atoms with van der Waals surface area (Å²) in [4.78, 5) is 19.0. The Morgan fingerprint density at radius 2 is 2.12 bits per heavy atom. The number of aromatic amines is 1. The van der Waals surface area contributed by atoms with Crippen molar-refractivity contribution in [2.24, 2.45) is 5.16 Å². The molecule has 0 aliphatic carbocycles. The number of hydrogen-bond acceptors (Lipinski definition) is 5. The maximum absolute atomic E-state index is 12.1. The number of nitrogens with one attached hydrogen (secondary N) is 2. The van der Waals surface area contributed by atoms with Crippen LogP contribution in [0.2, 0.25) is 0 Å². The summed E-state index contributed by atoms with van der Waals surface area (Å²) in [5.74, 6) is 0.241. The van der Waals surface area contributed by atoms with Crippen LogP contribution in [-0.4, -0.2) is 40.4 Å². The van der Waals surface area contributed by atoms with E-state index in [-0.39, 0.29) is 12.1 Å². The number of aromatic nitrogens is 2. The standard InChI is InChI=1S/C15H16Br2N4O3/c1-24-14-11(16)4-9(5-12(14)17)6-13(21-23)15(22)19-3-2-10-7-18-8-20-10/h4-5,7-8,23H,2-3,6H2,1H3,(H,18,20)(H,19,22)/b21-13-. The van der Waals surface area contributed by atoms with Crippen LogP contribution in [-0.2, 0) is 17.6 Å². The van der Waals surface area contributed by atoms with Gasteiger partial charge in [-0.05, 0) is 49.6 Å². The van der Waals surface area contributed by atoms with Crippen LogP contribution in [0.3, 0.4) is 0 Å². The number of halogens is 2. The van der Waals surface area contributed by atoms with Gasteiger partial charge in [0.25, 0.3) is 5.91 Å². The molecule has 2 aromatic rings. The molecule has 1 aromatic carbocycles. The molecule has 0 atom stereocenters. The maximum atomic E-state index is 12.1. The molecule has 1 amide bonds. The number of carbonyl (C=O) groups excluding carboxylic acids is 1. The van der Waals surface area contributed by atoms with Crippen LogP contribution in [0, 0.1) is 0 Å². The second-order valence-corrected chi connectivity index (χ2v) is 6.61. The number of imidazole rings is 1. The Labute approximate surface area is 155 Å². The van der Waals surface area contributed by atoms with Crippen LogP contribution in [0.25, 0.3) is 0 Å². The summed E-state index contributed by atoms with van der Waals surface area (Å²) in [5.41, 5.74) is 1.75. The minimum absolute atomic E-state index is 0.0311. The van der Waals surface area contributed by atoms with Gasteiger partial charge in [-0.1, -0.05) is 5.16 Å². The second-order valence-electron chi connectivity index (χ2n) is 4.90. The number of oxime groups is 1. The first-order chi connectivity index (χ1) is 11.5. The van der Waals surface area contributed by atoms with E-state index in [9.17, 15) is 4.79 Å². The Balaban J connectivity index is 1.97. The predicted octanol–water partition coefficient (Wildman–Crippen LogP) is 2.67. The normalized spacial score (nSPS) is 11.4. The van der Waals surface area contributed by atoms with Crippen LogP contribution in [0.1, 0.15) is 11.3 Å². The van der Waals surface area contributed by atoms with Crippen molar-refractivity contribution >= 4 is 43.5 Å². The van der Waals surface area contributed by atoms with Gasteiger partial charge in [-0.15, -0.1) is 0 Å². The molecule has 0 saturated carbocycles. The summed E-state index contributed by atoms with van der Waals surface area (Å²) in [6.07, 6.45) is 4.08. The lowest BCUT2D eigenvalue weighted by Crippen LogP contribution is -2.33. The average Bonchev–Trinajstić information content (AvgIpc) is 3.05. The summed E-state index contributed by atoms with van der Waals surface area (Å²) >= 11 is 6.81. The SMILES string of the molecule is COc1c(Br)cc(C/C(=N/O)C(=O)NCCc2cnc[nH]2)cc1Br. The van der Waals surface area contributed by atoms with Crippen molar-refractivity contribution in [2.75, 3.05) is 13.7 Å². The number of amides is 1. The fourth-order valence-corrected chi connectivity index (χ4v) is 3.70. The van der Waals surface area contributed by atoms with Crippen molar-refractivity contribution in [3.8, 4) is 5.75 Å². The molecule has 0 radical (unpaired) electrons. The Bertz CT molecular complexity index is 709. The number of benzene rings is 1. The number of methoxy groups -OCH3 is 1. The van der Waals surface area contributed by atoms with Crippen LogP contribution < -0.4 is 10.1 Å². The summed E-state index contributed by atoms with van der Waals surface area (Å²) in [6, 6.07) is 3.62. The molecule has 0 saturated heterocycles. The minimum atomic E-state index is -0.417. The third-order valence-corrected chi connectivity index (χ3v) is 4.43. The monoisotopic (exact) mass is 458 g/mol. The third-order valence-electron chi connectivity index (χ3n) is 3.25. The first kappa shape index (κ1) is 18.5. The van der Waals surface area contributed by atoms with Crippen molar-refractivity contribution in [1.82, 2.24) is 15.3 Å². The quantitative estimate of drug-likeness (QED) is 0.336. The molecule has 0 bridgehead atoms. The molecule has 0 aliphatic heterocycles. The summed E-state index contributed by atoms with van der Waals surface area (Å²) in [5, 5.41) is 15.0. The van der Waals surface area contributed by atoms with Gasteiger partial charge in [0.05, 0.1) is 22.4 Å². The molecule has 0 unspecified atom stereocenters. The van der Waals surface area contributed by atoms with E-state index in [2.05, 4.69) is 52.3 Å². The Kier molecular flexibility index (Phi) is 6.80. The highest BCUT2D eigenvalue weighted by Crippen LogP contribution is 2.34. The zero-order valence-corrected chi connectivity index (χ0v) is 16.0. The summed E-state index contributed by atoms with van der Waals surface area (Å²) in [7, 11) is 1.57. The molecule has 1 heterocycles. The van der Waals surface area contributed by atoms with E-state index < -0.39 is 5.91 Å². The molecule has 0 spiro atoms. The number of hydrogen-bond donors (Lipinski definition) is 3. The lowest BCUT2D eigenvalue weighted by atomic mass is 10.1. The highest BCUT2D eigenvalue weighted by molar-refractivity contribution is 9.11. The van der Waals surface area contributed by atoms with Gasteiger partial charge in [-0.2, -0.15) is 0 Å². The molecule has 0 fully saturated rings. The molecule has 24 heavy (non-hydrogen) atoms. The number of nitrogens with zero attached hydrogens (tertiary/aromatic N) is 2. The van der Waals surface area contributed by atoms with E-state index in [1.807, 2.05) is 12.1 Å². The van der Waals surface area contributed by atoms with Gasteiger partial charge < -0.3 is 20.2 Å². The van der Waals surface area contributed by atoms with Crippen molar-refractivity contribution < 1.29 is 14.7 Å². The average molecular weight is 460 g/mol. The number of ether oxygens (including phenoxy) is 1. The van der Waals surface area contributed by atoms with Gasteiger partial charge in [-0.25, -0.2) is 4.98 Å². The van der Waals surface area contributed by atoms with Crippen molar-refractivity contribution in [2.45, 2.75) is 12.8 Å². The molecule has 128 valence electrons. The summed E-state index contributed by atoms with van der Waals surface area (Å²) in [6.45, 7) is 0.413. The van der Waals surface area contributed by atoms with Crippen LogP contribution in [0.15, 0.2) is 38.8 Å². The topological polar surface area (TPSA) is 99.6 Å². The molecule has 3 N–H and O–H groups in total. The number of rotatable bonds is 7. The van der Waals surface area contributed by atoms with E-state index in [1.54, 1.807) is 19.6 Å². The van der Waals surface area contributed by atoms with Crippen LogP contribution in [0.4, 0.5) is 0 Å². The van der Waals surface area contributed by atoms with E-state index in [0.717, 1.165) is 20.2 Å².